The minimum Gasteiger partial charge on any atom is -0.390 e. The first kappa shape index (κ1) is 10.4. The van der Waals surface area contributed by atoms with Crippen LogP contribution >= 0.6 is 0 Å². The number of rotatable bonds is 4. The molecule has 3 heteroatoms. The Bertz CT molecular complexity index is 184. The molecular formula is C11H22N2O. The molecule has 2 rings (SSSR count). The summed E-state index contributed by atoms with van der Waals surface area (Å²) in [5.74, 6) is 0.746. The van der Waals surface area contributed by atoms with Gasteiger partial charge >= 0.3 is 0 Å². The van der Waals surface area contributed by atoms with Crippen molar-refractivity contribution in [1.82, 2.24) is 4.90 Å². The molecule has 0 atom stereocenters. The first-order valence-electron chi connectivity index (χ1n) is 5.87. The Hall–Kier alpha value is -0.120. The molecule has 0 aromatic heterocycles. The van der Waals surface area contributed by atoms with Gasteiger partial charge in [0, 0.05) is 6.54 Å². The zero-order valence-electron chi connectivity index (χ0n) is 8.91. The number of nitrogens with zero attached hydrogens (tertiary/aromatic N) is 1. The first-order valence-corrected chi connectivity index (χ1v) is 5.87. The molecule has 0 unspecified atom stereocenters. The Balaban J connectivity index is 1.63. The molecule has 3 N–H and O–H groups in total. The molecule has 0 radical (unpaired) electrons. The molecule has 2 aliphatic rings. The minimum absolute atomic E-state index is 0.273. The quantitative estimate of drug-likeness (QED) is 0.694. The molecule has 0 bridgehead atoms. The van der Waals surface area contributed by atoms with Gasteiger partial charge < -0.3 is 15.7 Å². The van der Waals surface area contributed by atoms with Crippen LogP contribution in [0.4, 0.5) is 0 Å². The molecule has 0 amide bonds. The van der Waals surface area contributed by atoms with Crippen molar-refractivity contribution < 1.29 is 5.11 Å². The van der Waals surface area contributed by atoms with E-state index in [0.29, 0.717) is 0 Å². The van der Waals surface area contributed by atoms with E-state index in [1.807, 2.05) is 0 Å². The summed E-state index contributed by atoms with van der Waals surface area (Å²) in [7, 11) is 0. The smallest absolute Gasteiger partial charge is 0.0662 e. The highest BCUT2D eigenvalue weighted by Crippen LogP contribution is 2.38. The third-order valence-corrected chi connectivity index (χ3v) is 3.76. The van der Waals surface area contributed by atoms with E-state index in [-0.39, 0.29) is 5.60 Å². The van der Waals surface area contributed by atoms with E-state index in [4.69, 9.17) is 5.73 Å². The Morgan fingerprint density at radius 3 is 2.43 bits per heavy atom. The van der Waals surface area contributed by atoms with Crippen molar-refractivity contribution in [3.05, 3.63) is 0 Å². The first-order chi connectivity index (χ1) is 6.72. The van der Waals surface area contributed by atoms with Gasteiger partial charge in [0.15, 0.2) is 0 Å². The van der Waals surface area contributed by atoms with Crippen molar-refractivity contribution in [2.24, 2.45) is 11.7 Å². The Labute approximate surface area is 86.3 Å². The van der Waals surface area contributed by atoms with Crippen molar-refractivity contribution in [2.45, 2.75) is 37.7 Å². The normalized spacial score (nSPS) is 27.9. The van der Waals surface area contributed by atoms with Crippen LogP contribution < -0.4 is 5.73 Å². The maximum absolute atomic E-state index is 9.71. The van der Waals surface area contributed by atoms with Crippen LogP contribution in [-0.4, -0.2) is 41.8 Å². The van der Waals surface area contributed by atoms with Gasteiger partial charge in [0.25, 0.3) is 0 Å². The van der Waals surface area contributed by atoms with Gasteiger partial charge in [0.1, 0.15) is 0 Å². The molecule has 1 heterocycles. The molecule has 0 aromatic carbocycles. The summed E-state index contributed by atoms with van der Waals surface area (Å²) in [5, 5.41) is 9.71. The lowest BCUT2D eigenvalue weighted by atomic mass is 9.97. The monoisotopic (exact) mass is 198 g/mol. The van der Waals surface area contributed by atoms with E-state index >= 15 is 0 Å². The zero-order valence-corrected chi connectivity index (χ0v) is 8.91. The standard InChI is InChI=1S/C11H22N2O/c12-9-10-1-6-13(7-2-10)8-5-11(14)3-4-11/h10,14H,1-9,12H2. The fourth-order valence-electron chi connectivity index (χ4n) is 2.21. The second-order valence-electron chi connectivity index (χ2n) is 5.00. The van der Waals surface area contributed by atoms with Crippen LogP contribution in [0, 0.1) is 5.92 Å². The molecule has 2 fully saturated rings. The second-order valence-corrected chi connectivity index (χ2v) is 5.00. The van der Waals surface area contributed by atoms with Crippen LogP contribution in [-0.2, 0) is 0 Å². The highest BCUT2D eigenvalue weighted by molar-refractivity contribution is 4.93. The molecule has 82 valence electrons. The summed E-state index contributed by atoms with van der Waals surface area (Å²) in [5.41, 5.74) is 5.37. The van der Waals surface area contributed by atoms with E-state index in [1.54, 1.807) is 0 Å². The van der Waals surface area contributed by atoms with Crippen LogP contribution in [0.2, 0.25) is 0 Å². The van der Waals surface area contributed by atoms with Crippen molar-refractivity contribution in [2.75, 3.05) is 26.2 Å². The highest BCUT2D eigenvalue weighted by atomic mass is 16.3. The van der Waals surface area contributed by atoms with Crippen LogP contribution in [0.15, 0.2) is 0 Å². The average Bonchev–Trinajstić information content (AvgIpc) is 2.95. The fraction of sp³-hybridized carbons (Fsp3) is 1.00. The summed E-state index contributed by atoms with van der Waals surface area (Å²) in [4.78, 5) is 2.47. The Morgan fingerprint density at radius 1 is 1.29 bits per heavy atom. The third kappa shape index (κ3) is 2.69. The largest absolute Gasteiger partial charge is 0.390 e. The predicted molar refractivity (Wildman–Crippen MR) is 57.0 cm³/mol. The molecule has 0 aromatic rings. The summed E-state index contributed by atoms with van der Waals surface area (Å²) in [6, 6.07) is 0. The fourth-order valence-corrected chi connectivity index (χ4v) is 2.21. The lowest BCUT2D eigenvalue weighted by molar-refractivity contribution is 0.106. The molecule has 14 heavy (non-hydrogen) atoms. The SMILES string of the molecule is NCC1CCN(CCC2(O)CC2)CC1. The second kappa shape index (κ2) is 4.17. The number of likely N-dealkylation sites (tertiary alicyclic amines) is 1. The molecular weight excluding hydrogens is 176 g/mol. The maximum atomic E-state index is 9.71. The molecule has 0 spiro atoms. The summed E-state index contributed by atoms with van der Waals surface area (Å²) >= 11 is 0. The third-order valence-electron chi connectivity index (χ3n) is 3.76. The molecule has 1 aliphatic heterocycles. The van der Waals surface area contributed by atoms with Crippen molar-refractivity contribution in [1.29, 1.82) is 0 Å². The molecule has 1 saturated heterocycles. The van der Waals surface area contributed by atoms with Gasteiger partial charge in [0.05, 0.1) is 5.60 Å². The summed E-state index contributed by atoms with van der Waals surface area (Å²) in [6.45, 7) is 4.28. The van der Waals surface area contributed by atoms with Gasteiger partial charge in [-0.3, -0.25) is 0 Å². The Morgan fingerprint density at radius 2 is 1.93 bits per heavy atom. The Kier molecular flexibility index (Phi) is 3.10. The molecule has 1 aliphatic carbocycles. The van der Waals surface area contributed by atoms with Crippen LogP contribution in [0.5, 0.6) is 0 Å². The minimum atomic E-state index is -0.273. The lowest BCUT2D eigenvalue weighted by Gasteiger charge is -2.31. The van der Waals surface area contributed by atoms with Crippen LogP contribution in [0.3, 0.4) is 0 Å². The van der Waals surface area contributed by atoms with Crippen molar-refractivity contribution in [3.63, 3.8) is 0 Å². The molecule has 1 saturated carbocycles. The van der Waals surface area contributed by atoms with Gasteiger partial charge in [0.2, 0.25) is 0 Å². The predicted octanol–water partition coefficient (Wildman–Crippen LogP) is 0.572. The van der Waals surface area contributed by atoms with Gasteiger partial charge in [-0.1, -0.05) is 0 Å². The van der Waals surface area contributed by atoms with Crippen molar-refractivity contribution in [3.8, 4) is 0 Å². The number of hydrogen-bond acceptors (Lipinski definition) is 3. The number of piperidine rings is 1. The number of aliphatic hydroxyl groups is 1. The van der Waals surface area contributed by atoms with Crippen LogP contribution in [0.25, 0.3) is 0 Å². The highest BCUT2D eigenvalue weighted by Gasteiger charge is 2.40. The van der Waals surface area contributed by atoms with E-state index in [1.165, 1.54) is 25.9 Å². The summed E-state index contributed by atoms with van der Waals surface area (Å²) < 4.78 is 0. The number of nitrogens with two attached hydrogens (primary N) is 1. The van der Waals surface area contributed by atoms with Gasteiger partial charge in [-0.2, -0.15) is 0 Å². The van der Waals surface area contributed by atoms with Gasteiger partial charge in [-0.05, 0) is 57.7 Å². The van der Waals surface area contributed by atoms with Crippen molar-refractivity contribution >= 4 is 0 Å². The van der Waals surface area contributed by atoms with Gasteiger partial charge in [-0.25, -0.2) is 0 Å². The maximum Gasteiger partial charge on any atom is 0.0662 e. The van der Waals surface area contributed by atoms with E-state index in [9.17, 15) is 5.11 Å². The van der Waals surface area contributed by atoms with Gasteiger partial charge in [-0.15, -0.1) is 0 Å². The summed E-state index contributed by atoms with van der Waals surface area (Å²) in [6.07, 6.45) is 5.50. The van der Waals surface area contributed by atoms with E-state index in [2.05, 4.69) is 4.90 Å². The van der Waals surface area contributed by atoms with E-state index in [0.717, 1.165) is 38.3 Å². The lowest BCUT2D eigenvalue weighted by Crippen LogP contribution is -2.37. The molecule has 3 nitrogen and oxygen atoms in total. The number of hydrogen-bond donors (Lipinski definition) is 2. The van der Waals surface area contributed by atoms with E-state index < -0.39 is 0 Å². The van der Waals surface area contributed by atoms with Crippen LogP contribution in [0.1, 0.15) is 32.1 Å². The topological polar surface area (TPSA) is 49.5 Å². The zero-order chi connectivity index (χ0) is 10.0. The average molecular weight is 198 g/mol.